The first-order chi connectivity index (χ1) is 4.39. The zero-order valence-electron chi connectivity index (χ0n) is 5.45. The van der Waals surface area contributed by atoms with E-state index in [2.05, 4.69) is 4.02 Å². The fourth-order valence-electron chi connectivity index (χ4n) is 0.354. The average molecular weight is 304 g/mol. The fourth-order valence-corrected chi connectivity index (χ4v) is 1.81. The molecule has 3 N–H and O–H groups in total. The first-order valence-electron chi connectivity index (χ1n) is 2.18. The van der Waals surface area contributed by atoms with Gasteiger partial charge in [-0.1, -0.05) is 0 Å². The van der Waals surface area contributed by atoms with Crippen LogP contribution in [0, 0.1) is 0 Å². The second-order valence-corrected chi connectivity index (χ2v) is 4.08. The van der Waals surface area contributed by atoms with Crippen LogP contribution >= 0.6 is 0 Å². The Morgan fingerprint density at radius 2 is 1.82 bits per heavy atom. The second-order valence-electron chi connectivity index (χ2n) is 1.19. The molecular formula is C5H7O4SbV. The zero-order valence-corrected chi connectivity index (χ0v) is 9.40. The molecule has 11 heavy (non-hydrogen) atoms. The molecule has 0 atom stereocenters. The first kappa shape index (κ1) is 17.5. The third-order valence-corrected chi connectivity index (χ3v) is 2.75. The van der Waals surface area contributed by atoms with E-state index in [-0.39, 0.29) is 11.0 Å². The van der Waals surface area contributed by atoms with Gasteiger partial charge in [0.25, 0.3) is 0 Å². The minimum absolute atomic E-state index is 0. The maximum atomic E-state index is 8.75. The summed E-state index contributed by atoms with van der Waals surface area (Å²) in [5.74, 6) is 0. The van der Waals surface area contributed by atoms with Gasteiger partial charge in [0.1, 0.15) is 0 Å². The molecule has 0 unspecified atom stereocenters. The monoisotopic (exact) mass is 303 g/mol. The summed E-state index contributed by atoms with van der Waals surface area (Å²) in [6.45, 7) is 0. The van der Waals surface area contributed by atoms with Crippen LogP contribution in [0.4, 0.5) is 0 Å². The Morgan fingerprint density at radius 3 is 2.00 bits per heavy atom. The second kappa shape index (κ2) is 13.1. The van der Waals surface area contributed by atoms with Gasteiger partial charge in [0.05, 0.1) is 0 Å². The Morgan fingerprint density at radius 1 is 1.27 bits per heavy atom. The van der Waals surface area contributed by atoms with Gasteiger partial charge in [-0.3, -0.25) is 0 Å². The standard InChI is InChI=1S/C5H5O.2H2O.O.Sb.V/c1-2-3-4-5-6;;;;;/h1-4,6H;2*1H2;;;/q;;;;;+2/p-2. The molecule has 0 radical (unpaired) electrons. The molecule has 1 heterocycles. The van der Waals surface area contributed by atoms with Crippen LogP contribution in [0.5, 0.6) is 0 Å². The Bertz CT molecular complexity index is 166. The van der Waals surface area contributed by atoms with Crippen molar-refractivity contribution in [2.45, 2.75) is 0 Å². The molecule has 0 aromatic rings. The van der Waals surface area contributed by atoms with Crippen molar-refractivity contribution in [2.75, 3.05) is 0 Å². The van der Waals surface area contributed by atoms with Gasteiger partial charge >= 0.3 is 73.2 Å². The van der Waals surface area contributed by atoms with Crippen molar-refractivity contribution in [3.63, 3.8) is 0 Å². The molecule has 0 amide bonds. The van der Waals surface area contributed by atoms with E-state index >= 15 is 0 Å². The number of hydrogen-bond acceptors (Lipinski definition) is 4. The van der Waals surface area contributed by atoms with Gasteiger partial charge < -0.3 is 11.0 Å². The van der Waals surface area contributed by atoms with Crippen molar-refractivity contribution in [1.82, 2.24) is 0 Å². The van der Waals surface area contributed by atoms with Gasteiger partial charge in [0, 0.05) is 0 Å². The summed E-state index contributed by atoms with van der Waals surface area (Å²) in [4.78, 5) is 0. The molecule has 0 aromatic carbocycles. The topological polar surface area (TPSA) is 97.3 Å². The molecule has 1 aliphatic rings. The van der Waals surface area contributed by atoms with Crippen molar-refractivity contribution >= 4 is 24.8 Å². The van der Waals surface area contributed by atoms with E-state index in [1.165, 1.54) is 0 Å². The van der Waals surface area contributed by atoms with Crippen molar-refractivity contribution < 1.29 is 37.1 Å². The van der Waals surface area contributed by atoms with Gasteiger partial charge in [-0.05, 0) is 0 Å². The van der Waals surface area contributed by atoms with E-state index in [0.29, 0.717) is 3.63 Å². The predicted octanol–water partition coefficient (Wildman–Crippen LogP) is -0.198. The first-order valence-corrected chi connectivity index (χ1v) is 5.50. The Balaban J connectivity index is -0.000000149. The zero-order chi connectivity index (χ0) is 7.11. The van der Waals surface area contributed by atoms with Crippen LogP contribution in [0.1, 0.15) is 0 Å². The van der Waals surface area contributed by atoms with Gasteiger partial charge in [-0.25, -0.2) is 0 Å². The normalized spacial score (nSPS) is 11.4. The van der Waals surface area contributed by atoms with Crippen molar-refractivity contribution in [1.29, 1.82) is 0 Å². The summed E-state index contributed by atoms with van der Waals surface area (Å²) in [6.07, 6.45) is 5.60. The minimum atomic E-state index is -0.447. The summed E-state index contributed by atoms with van der Waals surface area (Å²) >= 11 is 0.616. The molecule has 0 fully saturated rings. The number of aliphatic hydroxyl groups excluding tert-OH is 1. The molecule has 1 aliphatic heterocycles. The molecular weight excluding hydrogens is 297 g/mol. The summed E-state index contributed by atoms with van der Waals surface area (Å²) in [6, 6.07) is 0. The van der Waals surface area contributed by atoms with E-state index in [4.69, 9.17) is 8.78 Å². The van der Waals surface area contributed by atoms with E-state index < -0.39 is 21.1 Å². The van der Waals surface area contributed by atoms with Crippen molar-refractivity contribution in [3.8, 4) is 0 Å². The van der Waals surface area contributed by atoms with Crippen molar-refractivity contribution in [3.05, 3.63) is 22.3 Å². The Kier molecular flexibility index (Phi) is 20.8. The summed E-state index contributed by atoms with van der Waals surface area (Å²) in [5, 5.41) is 8.75. The van der Waals surface area contributed by atoms with Crippen LogP contribution in [0.15, 0.2) is 22.3 Å². The van der Waals surface area contributed by atoms with E-state index in [1.807, 2.05) is 12.2 Å². The van der Waals surface area contributed by atoms with Crippen LogP contribution in [0.2, 0.25) is 0 Å². The van der Waals surface area contributed by atoms with Crippen LogP contribution in [-0.2, 0) is 21.0 Å². The fraction of sp³-hybridized carbons (Fsp3) is 0. The number of rotatable bonds is 0. The van der Waals surface area contributed by atoms with Gasteiger partial charge in [-0.2, -0.15) is 0 Å². The quantitative estimate of drug-likeness (QED) is 0.627. The number of hydrogen-bond donors (Lipinski definition) is 1. The molecule has 0 spiro atoms. The molecule has 61 valence electrons. The predicted molar refractivity (Wildman–Crippen MR) is 35.5 cm³/mol. The maximum absolute atomic E-state index is 8.75. The Hall–Kier alpha value is 0.433. The Labute approximate surface area is 83.8 Å². The summed E-state index contributed by atoms with van der Waals surface area (Å²) in [7, 11) is 0. The average Bonchev–Trinajstić information content (AvgIpc) is 1.94. The van der Waals surface area contributed by atoms with Crippen LogP contribution < -0.4 is 0 Å². The van der Waals surface area contributed by atoms with E-state index in [9.17, 15) is 0 Å². The molecule has 0 aromatic heterocycles. The SMILES string of the molecule is O[C]1=[Sb][CH]=CC=C1.[OH-].[OH-].[O]=[V+2]. The molecule has 0 saturated carbocycles. The van der Waals surface area contributed by atoms with Crippen molar-refractivity contribution in [2.24, 2.45) is 0 Å². The third-order valence-electron chi connectivity index (χ3n) is 0.649. The summed E-state index contributed by atoms with van der Waals surface area (Å²) < 4.78 is 10.8. The number of aliphatic hydroxyl groups is 1. The van der Waals surface area contributed by atoms with Gasteiger partial charge in [0.2, 0.25) is 0 Å². The molecule has 0 bridgehead atoms. The molecule has 0 aliphatic carbocycles. The molecule has 4 nitrogen and oxygen atoms in total. The number of allylic oxidation sites excluding steroid dienone is 2. The molecule has 6 heteroatoms. The van der Waals surface area contributed by atoms with E-state index in [1.54, 1.807) is 6.08 Å². The van der Waals surface area contributed by atoms with Gasteiger partial charge in [0.15, 0.2) is 0 Å². The molecule has 0 saturated heterocycles. The van der Waals surface area contributed by atoms with Crippen LogP contribution in [-0.4, -0.2) is 40.8 Å². The van der Waals surface area contributed by atoms with E-state index in [0.717, 1.165) is 17.4 Å². The van der Waals surface area contributed by atoms with Crippen LogP contribution in [0.3, 0.4) is 0 Å². The van der Waals surface area contributed by atoms with Crippen LogP contribution in [0.25, 0.3) is 0 Å². The molecule has 1 rings (SSSR count). The third kappa shape index (κ3) is 10.4. The summed E-state index contributed by atoms with van der Waals surface area (Å²) in [5.41, 5.74) is 0. The van der Waals surface area contributed by atoms with Gasteiger partial charge in [-0.15, -0.1) is 0 Å².